The van der Waals surface area contributed by atoms with Crippen LogP contribution in [-0.2, 0) is 5.41 Å². The summed E-state index contributed by atoms with van der Waals surface area (Å²) < 4.78 is 0. The number of aryl methyl sites for hydroxylation is 1. The van der Waals surface area contributed by atoms with E-state index in [4.69, 9.17) is 0 Å². The number of hydrogen-bond donors (Lipinski definition) is 1. The number of carboxylic acids is 1. The largest absolute Gasteiger partial charge is 0.478 e. The number of rotatable bonds is 2. The molecule has 0 saturated heterocycles. The van der Waals surface area contributed by atoms with E-state index >= 15 is 0 Å². The predicted molar refractivity (Wildman–Crippen MR) is 97.6 cm³/mol. The molecule has 0 bridgehead atoms. The summed E-state index contributed by atoms with van der Waals surface area (Å²) in [6.45, 7) is 8.45. The molecule has 0 saturated carbocycles. The molecule has 3 aromatic rings. The Kier molecular flexibility index (Phi) is 3.88. The van der Waals surface area contributed by atoms with E-state index in [0.717, 1.165) is 11.1 Å². The van der Waals surface area contributed by atoms with Crippen LogP contribution >= 0.6 is 0 Å². The molecule has 0 aliphatic carbocycles. The first-order valence-electron chi connectivity index (χ1n) is 8.01. The molecule has 2 aromatic carbocycles. The number of benzene rings is 2. The number of hydrogen-bond acceptors (Lipinski definition) is 2. The molecular formula is C21H21NO2. The number of carboxylic acid groups (broad SMARTS) is 1. The molecule has 0 atom stereocenters. The number of pyridine rings is 1. The van der Waals surface area contributed by atoms with E-state index in [-0.39, 0.29) is 5.41 Å². The summed E-state index contributed by atoms with van der Waals surface area (Å²) >= 11 is 0. The van der Waals surface area contributed by atoms with E-state index in [9.17, 15) is 9.90 Å². The minimum absolute atomic E-state index is 0.0824. The van der Waals surface area contributed by atoms with Crippen molar-refractivity contribution in [1.29, 1.82) is 0 Å². The van der Waals surface area contributed by atoms with Crippen molar-refractivity contribution < 1.29 is 9.90 Å². The molecular weight excluding hydrogens is 298 g/mol. The van der Waals surface area contributed by atoms with Crippen LogP contribution in [0.25, 0.3) is 22.2 Å². The first-order chi connectivity index (χ1) is 11.3. The smallest absolute Gasteiger partial charge is 0.336 e. The molecule has 3 heteroatoms. The number of nitrogens with zero attached hydrogens (tertiary/aromatic N) is 1. The molecule has 0 fully saturated rings. The van der Waals surface area contributed by atoms with Gasteiger partial charge in [0, 0.05) is 10.9 Å². The fourth-order valence-electron chi connectivity index (χ4n) is 2.81. The SMILES string of the molecule is Cc1ccc2nc(-c3ccc(C(C)(C)C)cc3)cc(C(=O)O)c2c1. The quantitative estimate of drug-likeness (QED) is 0.705. The maximum atomic E-state index is 11.7. The van der Waals surface area contributed by atoms with Gasteiger partial charge in [-0.05, 0) is 36.1 Å². The minimum Gasteiger partial charge on any atom is -0.478 e. The van der Waals surface area contributed by atoms with Crippen molar-refractivity contribution in [2.45, 2.75) is 33.1 Å². The number of aromatic carboxylic acids is 1. The van der Waals surface area contributed by atoms with Crippen LogP contribution in [0.4, 0.5) is 0 Å². The third kappa shape index (κ3) is 3.02. The first-order valence-corrected chi connectivity index (χ1v) is 8.01. The van der Waals surface area contributed by atoms with E-state index in [0.29, 0.717) is 22.2 Å². The highest BCUT2D eigenvalue weighted by Gasteiger charge is 2.15. The van der Waals surface area contributed by atoms with Crippen LogP contribution in [0.15, 0.2) is 48.5 Å². The second-order valence-electron chi connectivity index (χ2n) is 7.21. The molecule has 0 unspecified atom stereocenters. The Morgan fingerprint density at radius 2 is 1.67 bits per heavy atom. The number of fused-ring (bicyclic) bond motifs is 1. The Balaban J connectivity index is 2.16. The molecule has 3 rings (SSSR count). The summed E-state index contributed by atoms with van der Waals surface area (Å²) in [4.78, 5) is 16.3. The van der Waals surface area contributed by atoms with Gasteiger partial charge in [0.1, 0.15) is 0 Å². The van der Waals surface area contributed by atoms with Gasteiger partial charge in [0.25, 0.3) is 0 Å². The molecule has 0 aliphatic heterocycles. The molecule has 3 nitrogen and oxygen atoms in total. The summed E-state index contributed by atoms with van der Waals surface area (Å²) in [5.74, 6) is -0.930. The maximum Gasteiger partial charge on any atom is 0.336 e. The zero-order chi connectivity index (χ0) is 17.5. The fraction of sp³-hybridized carbons (Fsp3) is 0.238. The molecule has 0 radical (unpaired) electrons. The van der Waals surface area contributed by atoms with E-state index in [1.165, 1.54) is 5.56 Å². The van der Waals surface area contributed by atoms with Crippen LogP contribution < -0.4 is 0 Å². The van der Waals surface area contributed by atoms with Gasteiger partial charge in [-0.15, -0.1) is 0 Å². The third-order valence-electron chi connectivity index (χ3n) is 4.24. The second-order valence-corrected chi connectivity index (χ2v) is 7.21. The van der Waals surface area contributed by atoms with Gasteiger partial charge in [0.2, 0.25) is 0 Å². The molecule has 1 heterocycles. The highest BCUT2D eigenvalue weighted by atomic mass is 16.4. The Hall–Kier alpha value is -2.68. The van der Waals surface area contributed by atoms with E-state index in [1.54, 1.807) is 6.07 Å². The van der Waals surface area contributed by atoms with Gasteiger partial charge in [0.15, 0.2) is 0 Å². The Morgan fingerprint density at radius 3 is 2.25 bits per heavy atom. The van der Waals surface area contributed by atoms with Crippen molar-refractivity contribution >= 4 is 16.9 Å². The highest BCUT2D eigenvalue weighted by Crippen LogP contribution is 2.28. The molecule has 0 aliphatic rings. The van der Waals surface area contributed by atoms with Crippen molar-refractivity contribution in [3.8, 4) is 11.3 Å². The Morgan fingerprint density at radius 1 is 1.00 bits per heavy atom. The van der Waals surface area contributed by atoms with Crippen molar-refractivity contribution in [1.82, 2.24) is 4.98 Å². The van der Waals surface area contributed by atoms with Crippen LogP contribution in [0.5, 0.6) is 0 Å². The van der Waals surface area contributed by atoms with Gasteiger partial charge in [-0.25, -0.2) is 9.78 Å². The third-order valence-corrected chi connectivity index (χ3v) is 4.24. The number of carbonyl (C=O) groups is 1. The zero-order valence-corrected chi connectivity index (χ0v) is 14.4. The van der Waals surface area contributed by atoms with Gasteiger partial charge >= 0.3 is 5.97 Å². The molecule has 0 amide bonds. The van der Waals surface area contributed by atoms with Crippen molar-refractivity contribution in [2.75, 3.05) is 0 Å². The lowest BCUT2D eigenvalue weighted by Gasteiger charge is -2.19. The molecule has 24 heavy (non-hydrogen) atoms. The Bertz CT molecular complexity index is 919. The molecule has 1 aromatic heterocycles. The minimum atomic E-state index is -0.930. The standard InChI is InChI=1S/C21H21NO2/c1-13-5-10-18-16(11-13)17(20(23)24)12-19(22-18)14-6-8-15(9-7-14)21(2,3)4/h5-12H,1-4H3,(H,23,24). The van der Waals surface area contributed by atoms with E-state index in [1.807, 2.05) is 37.3 Å². The van der Waals surface area contributed by atoms with Crippen molar-refractivity contribution in [2.24, 2.45) is 0 Å². The van der Waals surface area contributed by atoms with Crippen LogP contribution in [0.1, 0.15) is 42.3 Å². The van der Waals surface area contributed by atoms with Crippen LogP contribution in [0, 0.1) is 6.92 Å². The lowest BCUT2D eigenvalue weighted by molar-refractivity contribution is 0.0699. The van der Waals surface area contributed by atoms with Crippen LogP contribution in [0.3, 0.4) is 0 Å². The van der Waals surface area contributed by atoms with Gasteiger partial charge in [0.05, 0.1) is 16.8 Å². The second kappa shape index (κ2) is 5.75. The van der Waals surface area contributed by atoms with Gasteiger partial charge in [-0.1, -0.05) is 56.7 Å². The van der Waals surface area contributed by atoms with Gasteiger partial charge in [-0.3, -0.25) is 0 Å². The topological polar surface area (TPSA) is 50.2 Å². The number of aromatic nitrogens is 1. The predicted octanol–water partition coefficient (Wildman–Crippen LogP) is 5.21. The van der Waals surface area contributed by atoms with Gasteiger partial charge < -0.3 is 5.11 Å². The summed E-state index contributed by atoms with van der Waals surface area (Å²) in [5.41, 5.74) is 4.94. The summed E-state index contributed by atoms with van der Waals surface area (Å²) in [5, 5.41) is 10.2. The van der Waals surface area contributed by atoms with Gasteiger partial charge in [-0.2, -0.15) is 0 Å². The van der Waals surface area contributed by atoms with Crippen LogP contribution in [0.2, 0.25) is 0 Å². The van der Waals surface area contributed by atoms with E-state index in [2.05, 4.69) is 37.9 Å². The highest BCUT2D eigenvalue weighted by molar-refractivity contribution is 6.03. The fourth-order valence-corrected chi connectivity index (χ4v) is 2.81. The van der Waals surface area contributed by atoms with Crippen molar-refractivity contribution in [3.05, 3.63) is 65.2 Å². The lowest BCUT2D eigenvalue weighted by atomic mass is 9.86. The first kappa shape index (κ1) is 16.2. The summed E-state index contributed by atoms with van der Waals surface area (Å²) in [7, 11) is 0. The molecule has 0 spiro atoms. The monoisotopic (exact) mass is 319 g/mol. The van der Waals surface area contributed by atoms with Crippen LogP contribution in [-0.4, -0.2) is 16.1 Å². The van der Waals surface area contributed by atoms with E-state index < -0.39 is 5.97 Å². The van der Waals surface area contributed by atoms with Crippen molar-refractivity contribution in [3.63, 3.8) is 0 Å². The molecule has 1 N–H and O–H groups in total. The lowest BCUT2D eigenvalue weighted by Crippen LogP contribution is -2.10. The zero-order valence-electron chi connectivity index (χ0n) is 14.4. The normalized spacial score (nSPS) is 11.7. The average Bonchev–Trinajstić information content (AvgIpc) is 2.53. The average molecular weight is 319 g/mol. The maximum absolute atomic E-state index is 11.7. The summed E-state index contributed by atoms with van der Waals surface area (Å²) in [6.07, 6.45) is 0. The summed E-state index contributed by atoms with van der Waals surface area (Å²) in [6, 6.07) is 15.5. The molecule has 122 valence electrons. The Labute approximate surface area is 142 Å².